The minimum absolute atomic E-state index is 0.0540. The molecule has 2 aromatic rings. The highest BCUT2D eigenvalue weighted by Crippen LogP contribution is 2.63. The minimum Gasteiger partial charge on any atom is -0.341 e. The van der Waals surface area contributed by atoms with Gasteiger partial charge in [0.2, 0.25) is 5.91 Å². The van der Waals surface area contributed by atoms with Gasteiger partial charge in [-0.2, -0.15) is 22.0 Å². The molecule has 162 valence electrons. The predicted molar refractivity (Wildman–Crippen MR) is 103 cm³/mol. The lowest BCUT2D eigenvalue weighted by Gasteiger charge is -2.31. The summed E-state index contributed by atoms with van der Waals surface area (Å²) in [6.45, 7) is 0.931. The van der Waals surface area contributed by atoms with Gasteiger partial charge in [0.1, 0.15) is 6.54 Å². The molecule has 0 aromatic carbocycles. The third-order valence-electron chi connectivity index (χ3n) is 5.16. The summed E-state index contributed by atoms with van der Waals surface area (Å²) in [6, 6.07) is 1.34. The van der Waals surface area contributed by atoms with Crippen molar-refractivity contribution in [3.05, 3.63) is 45.9 Å². The Hall–Kier alpha value is -2.63. The maximum Gasteiger partial charge on any atom is 0.462 e. The molecule has 4 heterocycles. The van der Waals surface area contributed by atoms with Crippen LogP contribution in [0.3, 0.4) is 0 Å². The molecule has 1 amide bonds. The monoisotopic (exact) mass is 448 g/mol. The highest BCUT2D eigenvalue weighted by molar-refractivity contribution is 8.28. The first-order chi connectivity index (χ1) is 14.0. The normalized spacial score (nSPS) is 20.5. The van der Waals surface area contributed by atoms with Gasteiger partial charge in [-0.1, -0.05) is 6.08 Å². The first-order valence-corrected chi connectivity index (χ1v) is 10.4. The number of halogens is 5. The third kappa shape index (κ3) is 3.13. The van der Waals surface area contributed by atoms with Crippen LogP contribution in [0.1, 0.15) is 12.0 Å². The number of hydrogen-bond donors (Lipinski definition) is 1. The molecule has 2 aliphatic heterocycles. The van der Waals surface area contributed by atoms with Crippen molar-refractivity contribution < 1.29 is 26.7 Å². The molecule has 1 saturated heterocycles. The number of thiol groups is 1. The number of allylic oxidation sites excluding steroid dienone is 2. The molecule has 0 bridgehead atoms. The third-order valence-corrected chi connectivity index (χ3v) is 7.42. The van der Waals surface area contributed by atoms with Crippen molar-refractivity contribution in [2.75, 3.05) is 13.1 Å². The Morgan fingerprint density at radius 1 is 1.23 bits per heavy atom. The lowest BCUT2D eigenvalue weighted by atomic mass is 10.2. The van der Waals surface area contributed by atoms with Crippen LogP contribution in [0.2, 0.25) is 0 Å². The predicted octanol–water partition coefficient (Wildman–Crippen LogP) is 2.99. The van der Waals surface area contributed by atoms with Crippen molar-refractivity contribution in [2.45, 2.75) is 24.4 Å². The van der Waals surface area contributed by atoms with Gasteiger partial charge in [0.15, 0.2) is 5.65 Å². The van der Waals surface area contributed by atoms with Crippen molar-refractivity contribution in [1.29, 1.82) is 0 Å². The van der Waals surface area contributed by atoms with Crippen LogP contribution in [-0.4, -0.2) is 49.4 Å². The van der Waals surface area contributed by atoms with E-state index < -0.39 is 28.0 Å². The fourth-order valence-electron chi connectivity index (χ4n) is 3.37. The molecule has 2 aliphatic rings. The zero-order chi connectivity index (χ0) is 21.8. The number of nitrogens with zero attached hydrogens (tertiary/aromatic N) is 4. The molecule has 0 radical (unpaired) electrons. The largest absolute Gasteiger partial charge is 0.462 e. The first-order valence-electron chi connectivity index (χ1n) is 8.98. The van der Waals surface area contributed by atoms with Crippen LogP contribution in [0.4, 0.5) is 22.0 Å². The molecule has 0 N–H and O–H groups in total. The van der Waals surface area contributed by atoms with Gasteiger partial charge in [0.25, 0.3) is 0 Å². The average molecular weight is 448 g/mol. The molecule has 6 nitrogen and oxygen atoms in total. The van der Waals surface area contributed by atoms with E-state index in [1.807, 2.05) is 0 Å². The van der Waals surface area contributed by atoms with Crippen molar-refractivity contribution >= 4 is 32.9 Å². The summed E-state index contributed by atoms with van der Waals surface area (Å²) in [4.78, 5) is 30.4. The molecular formula is C18H17F5N4O2S. The molecule has 0 spiro atoms. The number of alkyl halides is 5. The summed E-state index contributed by atoms with van der Waals surface area (Å²) >= 11 is 0. The Kier molecular flexibility index (Phi) is 4.79. The summed E-state index contributed by atoms with van der Waals surface area (Å²) in [7, 11) is -1.54. The highest BCUT2D eigenvalue weighted by Gasteiger charge is 2.61. The van der Waals surface area contributed by atoms with Crippen molar-refractivity contribution in [1.82, 2.24) is 19.0 Å². The second-order valence-electron chi connectivity index (χ2n) is 7.03. The van der Waals surface area contributed by atoms with E-state index in [1.54, 1.807) is 4.90 Å². The number of carbonyl (C=O) groups is 1. The molecule has 0 saturated carbocycles. The quantitative estimate of drug-likeness (QED) is 0.578. The topological polar surface area (TPSA) is 60.1 Å². The fourth-order valence-corrected chi connectivity index (χ4v) is 5.20. The van der Waals surface area contributed by atoms with Gasteiger partial charge in [-0.15, -0.1) is 10.9 Å². The van der Waals surface area contributed by atoms with E-state index in [0.717, 1.165) is 17.9 Å². The number of rotatable bonds is 4. The van der Waals surface area contributed by atoms with E-state index in [-0.39, 0.29) is 34.1 Å². The van der Waals surface area contributed by atoms with Gasteiger partial charge in [-0.3, -0.25) is 13.9 Å². The number of pyridine rings is 1. The Morgan fingerprint density at radius 3 is 2.53 bits per heavy atom. The van der Waals surface area contributed by atoms with E-state index in [2.05, 4.69) is 4.98 Å². The first kappa shape index (κ1) is 20.6. The Morgan fingerprint density at radius 2 is 1.93 bits per heavy atom. The molecule has 30 heavy (non-hydrogen) atoms. The summed E-state index contributed by atoms with van der Waals surface area (Å²) < 4.78 is 69.1. The molecule has 0 aliphatic carbocycles. The maximum atomic E-state index is 14.0. The number of imidazole rings is 1. The van der Waals surface area contributed by atoms with Gasteiger partial charge in [-0.25, -0.2) is 9.78 Å². The Bertz CT molecular complexity index is 1140. The molecule has 12 heteroatoms. The van der Waals surface area contributed by atoms with Crippen molar-refractivity contribution in [2.24, 2.45) is 7.05 Å². The second kappa shape index (κ2) is 6.96. The van der Waals surface area contributed by atoms with E-state index in [9.17, 15) is 31.5 Å². The summed E-state index contributed by atoms with van der Waals surface area (Å²) in [5, 5.41) is -4.05. The average Bonchev–Trinajstić information content (AvgIpc) is 3.19. The maximum absolute atomic E-state index is 14.0. The van der Waals surface area contributed by atoms with Crippen LogP contribution < -0.4 is 5.69 Å². The standard InChI is InChI=1S/C18H17F5N4O2S/c1-25-15-12(27(16(25)29)10-14(28)26-5-3-6-26)8-11(9-24-15)13-4-2-7-30(13)18(22,23)17(19,20)21/h2,4,7-9,30H,3,5-6,10H2,1H3. The molecule has 1 unspecified atom stereocenters. The van der Waals surface area contributed by atoms with Crippen LogP contribution in [0.5, 0.6) is 0 Å². The van der Waals surface area contributed by atoms with E-state index in [1.165, 1.54) is 34.5 Å². The minimum atomic E-state index is -5.69. The van der Waals surface area contributed by atoms with Crippen molar-refractivity contribution in [3.63, 3.8) is 0 Å². The fraction of sp³-hybridized carbons (Fsp3) is 0.389. The van der Waals surface area contributed by atoms with Crippen LogP contribution in [0, 0.1) is 0 Å². The number of aryl methyl sites for hydroxylation is 1. The number of fused-ring (bicyclic) bond motifs is 1. The smallest absolute Gasteiger partial charge is 0.341 e. The van der Waals surface area contributed by atoms with Gasteiger partial charge in [0, 0.05) is 36.8 Å². The van der Waals surface area contributed by atoms with E-state index in [4.69, 9.17) is 0 Å². The van der Waals surface area contributed by atoms with Gasteiger partial charge in [-0.05, 0) is 24.0 Å². The summed E-state index contributed by atoms with van der Waals surface area (Å²) in [6.07, 6.45) is -1.28. The Labute approximate surface area is 169 Å². The lowest BCUT2D eigenvalue weighted by Crippen LogP contribution is -2.44. The zero-order valence-electron chi connectivity index (χ0n) is 15.7. The molecule has 4 rings (SSSR count). The van der Waals surface area contributed by atoms with Crippen molar-refractivity contribution in [3.8, 4) is 0 Å². The van der Waals surface area contributed by atoms with Crippen LogP contribution in [-0.2, 0) is 18.4 Å². The Balaban J connectivity index is 1.75. The van der Waals surface area contributed by atoms with E-state index >= 15 is 0 Å². The van der Waals surface area contributed by atoms with Crippen LogP contribution >= 0.6 is 10.9 Å². The molecule has 2 aromatic heterocycles. The van der Waals surface area contributed by atoms with E-state index in [0.29, 0.717) is 13.1 Å². The molecular weight excluding hydrogens is 431 g/mol. The molecule has 1 atom stereocenters. The number of aromatic nitrogens is 3. The number of likely N-dealkylation sites (tertiary alicyclic amines) is 1. The summed E-state index contributed by atoms with van der Waals surface area (Å²) in [5.41, 5.74) is -0.0613. The van der Waals surface area contributed by atoms with Gasteiger partial charge in [0.05, 0.1) is 5.52 Å². The molecule has 1 fully saturated rings. The van der Waals surface area contributed by atoms with Gasteiger partial charge >= 0.3 is 17.1 Å². The van der Waals surface area contributed by atoms with Crippen LogP contribution in [0.25, 0.3) is 16.1 Å². The number of carbonyl (C=O) groups excluding carboxylic acids is 1. The van der Waals surface area contributed by atoms with Crippen LogP contribution in [0.15, 0.2) is 34.6 Å². The van der Waals surface area contributed by atoms with Gasteiger partial charge < -0.3 is 4.90 Å². The number of amides is 1. The highest BCUT2D eigenvalue weighted by atomic mass is 32.2. The zero-order valence-corrected chi connectivity index (χ0v) is 16.6. The lowest BCUT2D eigenvalue weighted by molar-refractivity contribution is -0.237. The summed E-state index contributed by atoms with van der Waals surface area (Å²) in [5.74, 6) is -0.270. The SMILES string of the molecule is Cn1c(=O)n(CC(=O)N2CCC2)c2cc(C3=CC=C[SH]3C(F)(F)C(F)(F)F)cnc21. The second-order valence-corrected chi connectivity index (χ2v) is 9.11. The number of hydrogen-bond acceptors (Lipinski definition) is 3.